The van der Waals surface area contributed by atoms with E-state index in [1.54, 1.807) is 79.1 Å². The second kappa shape index (κ2) is 15.9. The van der Waals surface area contributed by atoms with Gasteiger partial charge in [-0.05, 0) is 30.3 Å². The summed E-state index contributed by atoms with van der Waals surface area (Å²) in [6.07, 6.45) is -3.20. The Morgan fingerprint density at radius 3 is 1.69 bits per heavy atom. The molecule has 0 aromatic heterocycles. The second-order valence-corrected chi connectivity index (χ2v) is 12.6. The molecule has 54 heavy (non-hydrogen) atoms. The summed E-state index contributed by atoms with van der Waals surface area (Å²) in [5.41, 5.74) is 3.18. The van der Waals surface area contributed by atoms with Crippen molar-refractivity contribution in [3.05, 3.63) is 88.5 Å². The van der Waals surface area contributed by atoms with Crippen LogP contribution in [0, 0.1) is 0 Å². The zero-order valence-electron chi connectivity index (χ0n) is 31.7. The van der Waals surface area contributed by atoms with Gasteiger partial charge in [-0.1, -0.05) is 18.2 Å². The van der Waals surface area contributed by atoms with Crippen molar-refractivity contribution in [2.24, 2.45) is 0 Å². The molecular formula is C41H44O13. The average molecular weight is 745 g/mol. The van der Waals surface area contributed by atoms with Gasteiger partial charge in [0.15, 0.2) is 41.3 Å². The number of carbonyl (C=O) groups is 2. The molecule has 13 nitrogen and oxygen atoms in total. The summed E-state index contributed by atoms with van der Waals surface area (Å²) in [7, 11) is 10.8. The Morgan fingerprint density at radius 1 is 0.574 bits per heavy atom. The third-order valence-corrected chi connectivity index (χ3v) is 9.61. The second-order valence-electron chi connectivity index (χ2n) is 12.6. The first-order chi connectivity index (χ1) is 26.1. The van der Waals surface area contributed by atoms with Crippen LogP contribution >= 0.6 is 0 Å². The number of hydrogen-bond donors (Lipinski definition) is 0. The van der Waals surface area contributed by atoms with E-state index in [0.29, 0.717) is 79.6 Å². The minimum Gasteiger partial charge on any atom is -0.497 e. The van der Waals surface area contributed by atoms with E-state index in [9.17, 15) is 9.59 Å². The van der Waals surface area contributed by atoms with Crippen molar-refractivity contribution in [3.63, 3.8) is 0 Å². The van der Waals surface area contributed by atoms with Gasteiger partial charge in [-0.2, -0.15) is 0 Å². The molecule has 2 aliphatic rings. The quantitative estimate of drug-likeness (QED) is 0.145. The Kier molecular flexibility index (Phi) is 11.2. The zero-order chi connectivity index (χ0) is 38.7. The highest BCUT2D eigenvalue weighted by atomic mass is 16.6. The van der Waals surface area contributed by atoms with Gasteiger partial charge >= 0.3 is 11.9 Å². The van der Waals surface area contributed by atoms with Crippen LogP contribution in [0.2, 0.25) is 0 Å². The first kappa shape index (κ1) is 37.8. The van der Waals surface area contributed by atoms with Crippen LogP contribution < -0.4 is 42.6 Å². The molecule has 4 aromatic rings. The van der Waals surface area contributed by atoms with Crippen molar-refractivity contribution >= 4 is 11.9 Å². The van der Waals surface area contributed by atoms with E-state index >= 15 is 0 Å². The molecule has 0 saturated carbocycles. The summed E-state index contributed by atoms with van der Waals surface area (Å²) in [5, 5.41) is 0. The normalized spacial score (nSPS) is 19.8. The molecular weight excluding hydrogens is 700 g/mol. The average Bonchev–Trinajstić information content (AvgIpc) is 3.18. The molecule has 0 radical (unpaired) electrons. The van der Waals surface area contributed by atoms with Gasteiger partial charge in [0.1, 0.15) is 34.9 Å². The fraction of sp³-hybridized carbons (Fsp3) is 0.366. The van der Waals surface area contributed by atoms with E-state index in [1.807, 2.05) is 24.3 Å². The van der Waals surface area contributed by atoms with Crippen LogP contribution in [0.25, 0.3) is 0 Å². The third-order valence-electron chi connectivity index (χ3n) is 9.61. The molecule has 6 rings (SSSR count). The van der Waals surface area contributed by atoms with Crippen LogP contribution in [0.15, 0.2) is 60.7 Å². The molecule has 2 aliphatic heterocycles. The Hall–Kier alpha value is -5.98. The van der Waals surface area contributed by atoms with Crippen LogP contribution in [0.3, 0.4) is 0 Å². The number of fused-ring (bicyclic) bond motifs is 2. The van der Waals surface area contributed by atoms with Gasteiger partial charge in [0.2, 0.25) is 0 Å². The number of rotatable bonds is 12. The SMILES string of the molecule is COc1ccc2c(c1)O[C@H](c1ccc(OC)c(OC)c1)[C@@H](OC(C)=O)[C@@H]2c1c(OC)cc(OC)c2c1O[C@H](c1ccc(OC)c(OC)c1)[C@H](OC(C)=O)C2. The van der Waals surface area contributed by atoms with E-state index in [2.05, 4.69) is 0 Å². The van der Waals surface area contributed by atoms with Crippen LogP contribution in [0.4, 0.5) is 0 Å². The highest BCUT2D eigenvalue weighted by Crippen LogP contribution is 2.57. The van der Waals surface area contributed by atoms with E-state index in [0.717, 1.165) is 0 Å². The molecule has 0 fully saturated rings. The highest BCUT2D eigenvalue weighted by molar-refractivity contribution is 5.69. The summed E-state index contributed by atoms with van der Waals surface area (Å²) in [5.74, 6) is 2.52. The number of methoxy groups -OCH3 is 7. The third kappa shape index (κ3) is 7.05. The lowest BCUT2D eigenvalue weighted by Gasteiger charge is -2.42. The maximum Gasteiger partial charge on any atom is 0.303 e. The molecule has 286 valence electrons. The fourth-order valence-corrected chi connectivity index (χ4v) is 7.27. The molecule has 0 bridgehead atoms. The summed E-state index contributed by atoms with van der Waals surface area (Å²) >= 11 is 0. The molecule has 2 heterocycles. The van der Waals surface area contributed by atoms with Gasteiger partial charge in [-0.3, -0.25) is 9.59 Å². The number of esters is 2. The molecule has 0 N–H and O–H groups in total. The van der Waals surface area contributed by atoms with Gasteiger partial charge in [0.25, 0.3) is 0 Å². The maximum atomic E-state index is 13.0. The largest absolute Gasteiger partial charge is 0.497 e. The number of ether oxygens (including phenoxy) is 11. The molecule has 0 amide bonds. The lowest BCUT2D eigenvalue weighted by atomic mass is 9.77. The van der Waals surface area contributed by atoms with Gasteiger partial charge in [-0.15, -0.1) is 0 Å². The van der Waals surface area contributed by atoms with Crippen LogP contribution in [-0.4, -0.2) is 73.9 Å². The monoisotopic (exact) mass is 744 g/mol. The lowest BCUT2D eigenvalue weighted by molar-refractivity contribution is -0.153. The first-order valence-electron chi connectivity index (χ1n) is 17.2. The minimum atomic E-state index is -0.970. The van der Waals surface area contributed by atoms with Crippen molar-refractivity contribution in [1.29, 1.82) is 0 Å². The van der Waals surface area contributed by atoms with Gasteiger partial charge in [0.05, 0.1) is 55.7 Å². The summed E-state index contributed by atoms with van der Waals surface area (Å²) in [6.45, 7) is 2.70. The Morgan fingerprint density at radius 2 is 1.15 bits per heavy atom. The van der Waals surface area contributed by atoms with E-state index in [1.165, 1.54) is 21.0 Å². The van der Waals surface area contributed by atoms with E-state index < -0.39 is 42.3 Å². The molecule has 5 atom stereocenters. The van der Waals surface area contributed by atoms with E-state index in [4.69, 9.17) is 52.1 Å². The molecule has 0 unspecified atom stereocenters. The summed E-state index contributed by atoms with van der Waals surface area (Å²) in [4.78, 5) is 25.6. The minimum absolute atomic E-state index is 0.212. The number of carbonyl (C=O) groups excluding carboxylic acids is 2. The fourth-order valence-electron chi connectivity index (χ4n) is 7.27. The Labute approximate surface area is 313 Å². The number of benzene rings is 4. The Bertz CT molecular complexity index is 2020. The standard InChI is InChI=1S/C41H44O13/c1-21(42)51-35-19-27-30(47-6)20-34(50-9)37(40(27)54-38(35)23-10-14-28(45-4)32(16-23)48-7)36-26-13-12-25(44-3)18-31(26)53-39(41(36)52-22(2)43)24-11-15-29(46-5)33(17-24)49-8/h10-18,20,35-36,38-39,41H,19H2,1-9H3/t35-,36+,38-,39-,41+/m1/s1. The van der Waals surface area contributed by atoms with Gasteiger partial charge in [0, 0.05) is 60.2 Å². The van der Waals surface area contributed by atoms with E-state index in [-0.39, 0.29) is 6.42 Å². The predicted molar refractivity (Wildman–Crippen MR) is 195 cm³/mol. The molecule has 0 saturated heterocycles. The van der Waals surface area contributed by atoms with Crippen LogP contribution in [0.5, 0.6) is 51.7 Å². The van der Waals surface area contributed by atoms with Crippen molar-refractivity contribution in [3.8, 4) is 51.7 Å². The van der Waals surface area contributed by atoms with Crippen molar-refractivity contribution in [2.75, 3.05) is 49.8 Å². The van der Waals surface area contributed by atoms with Crippen LogP contribution in [0.1, 0.15) is 59.8 Å². The lowest BCUT2D eigenvalue weighted by Crippen LogP contribution is -2.40. The van der Waals surface area contributed by atoms with Crippen molar-refractivity contribution < 1.29 is 61.7 Å². The molecule has 13 heteroatoms. The van der Waals surface area contributed by atoms with Crippen molar-refractivity contribution in [1.82, 2.24) is 0 Å². The van der Waals surface area contributed by atoms with Crippen molar-refractivity contribution in [2.45, 2.75) is 50.6 Å². The number of hydrogen-bond acceptors (Lipinski definition) is 13. The first-order valence-corrected chi connectivity index (χ1v) is 17.2. The summed E-state index contributed by atoms with van der Waals surface area (Å²) < 4.78 is 65.8. The molecule has 0 spiro atoms. The van der Waals surface area contributed by atoms with Gasteiger partial charge in [-0.25, -0.2) is 0 Å². The highest BCUT2D eigenvalue weighted by Gasteiger charge is 2.48. The Balaban J connectivity index is 1.63. The maximum absolute atomic E-state index is 13.0. The van der Waals surface area contributed by atoms with Gasteiger partial charge < -0.3 is 52.1 Å². The smallest absolute Gasteiger partial charge is 0.303 e. The van der Waals surface area contributed by atoms with Crippen LogP contribution in [-0.2, 0) is 25.5 Å². The summed E-state index contributed by atoms with van der Waals surface area (Å²) in [6, 6.07) is 18.0. The molecule has 4 aromatic carbocycles. The topological polar surface area (TPSA) is 136 Å². The zero-order valence-corrected chi connectivity index (χ0v) is 31.7. The molecule has 0 aliphatic carbocycles. The predicted octanol–water partition coefficient (Wildman–Crippen LogP) is 6.55.